The van der Waals surface area contributed by atoms with Gasteiger partial charge in [-0.25, -0.2) is 0 Å². The fourth-order valence-corrected chi connectivity index (χ4v) is 3.57. The first-order valence-corrected chi connectivity index (χ1v) is 9.12. The molecule has 0 aliphatic carbocycles. The number of piperidine rings is 1. The molecule has 2 amide bonds. The molecular formula is C19H27N3O3. The first-order chi connectivity index (χ1) is 12.2. The van der Waals surface area contributed by atoms with Gasteiger partial charge in [0, 0.05) is 50.7 Å². The monoisotopic (exact) mass is 345 g/mol. The van der Waals surface area contributed by atoms with Crippen molar-refractivity contribution in [1.82, 2.24) is 9.80 Å². The molecule has 136 valence electrons. The number of nitrogens with zero attached hydrogens (tertiary/aromatic N) is 2. The largest absolute Gasteiger partial charge is 0.497 e. The minimum Gasteiger partial charge on any atom is -0.497 e. The summed E-state index contributed by atoms with van der Waals surface area (Å²) < 4.78 is 5.18. The number of rotatable bonds is 6. The smallest absolute Gasteiger partial charge is 0.224 e. The molecule has 2 heterocycles. The number of hydrogen-bond donors (Lipinski definition) is 1. The van der Waals surface area contributed by atoms with Gasteiger partial charge in [-0.15, -0.1) is 0 Å². The lowest BCUT2D eigenvalue weighted by Gasteiger charge is -2.34. The van der Waals surface area contributed by atoms with Crippen LogP contribution < -0.4 is 10.1 Å². The van der Waals surface area contributed by atoms with E-state index in [2.05, 4.69) is 5.32 Å². The van der Waals surface area contributed by atoms with Crippen molar-refractivity contribution < 1.29 is 14.3 Å². The topological polar surface area (TPSA) is 61.9 Å². The second-order valence-corrected chi connectivity index (χ2v) is 6.79. The Morgan fingerprint density at radius 3 is 2.72 bits per heavy atom. The summed E-state index contributed by atoms with van der Waals surface area (Å²) in [4.78, 5) is 27.9. The summed E-state index contributed by atoms with van der Waals surface area (Å²) in [5.41, 5.74) is 1.04. The molecule has 1 atom stereocenters. The zero-order chi connectivity index (χ0) is 17.6. The summed E-state index contributed by atoms with van der Waals surface area (Å²) in [6, 6.07) is 8.12. The van der Waals surface area contributed by atoms with Gasteiger partial charge in [0.05, 0.1) is 7.11 Å². The van der Waals surface area contributed by atoms with E-state index >= 15 is 0 Å². The van der Waals surface area contributed by atoms with E-state index < -0.39 is 0 Å². The van der Waals surface area contributed by atoms with Crippen LogP contribution in [0.15, 0.2) is 24.3 Å². The van der Waals surface area contributed by atoms with E-state index in [0.29, 0.717) is 19.4 Å². The van der Waals surface area contributed by atoms with Crippen LogP contribution in [0.4, 0.5) is 5.69 Å². The van der Waals surface area contributed by atoms with Crippen LogP contribution in [0.3, 0.4) is 0 Å². The maximum atomic E-state index is 12.5. The molecule has 3 rings (SSSR count). The van der Waals surface area contributed by atoms with E-state index in [1.807, 2.05) is 34.1 Å². The molecule has 6 nitrogen and oxygen atoms in total. The minimum absolute atomic E-state index is 0.154. The van der Waals surface area contributed by atoms with E-state index in [1.165, 1.54) is 0 Å². The summed E-state index contributed by atoms with van der Waals surface area (Å²) >= 11 is 0. The number of hydrogen-bond acceptors (Lipinski definition) is 4. The maximum absolute atomic E-state index is 12.5. The maximum Gasteiger partial charge on any atom is 0.224 e. The van der Waals surface area contributed by atoms with Crippen LogP contribution in [0.1, 0.15) is 32.1 Å². The van der Waals surface area contributed by atoms with Gasteiger partial charge >= 0.3 is 0 Å². The number of nitrogens with one attached hydrogen (secondary N) is 1. The van der Waals surface area contributed by atoms with Crippen molar-refractivity contribution in [2.75, 3.05) is 38.6 Å². The minimum atomic E-state index is 0.154. The number of benzene rings is 1. The lowest BCUT2D eigenvalue weighted by molar-refractivity contribution is -0.133. The molecule has 1 aromatic rings. The number of ether oxygens (including phenoxy) is 1. The molecule has 1 N–H and O–H groups in total. The van der Waals surface area contributed by atoms with Crippen LogP contribution in [-0.2, 0) is 9.59 Å². The quantitative estimate of drug-likeness (QED) is 0.858. The van der Waals surface area contributed by atoms with Crippen molar-refractivity contribution in [3.05, 3.63) is 24.3 Å². The molecule has 1 aromatic carbocycles. The Bertz CT molecular complexity index is 602. The fourth-order valence-electron chi connectivity index (χ4n) is 3.57. The number of anilines is 1. The van der Waals surface area contributed by atoms with E-state index in [4.69, 9.17) is 4.74 Å². The van der Waals surface area contributed by atoms with Gasteiger partial charge in [0.25, 0.3) is 0 Å². The molecule has 25 heavy (non-hydrogen) atoms. The standard InChI is InChI=1S/C19H27N3O3/c1-25-17-8-6-15(7-9-17)20-16-4-2-12-22(14-16)19(24)10-13-21-11-3-5-18(21)23/h6-9,16,20H,2-5,10-14H2,1H3/t16-/m0/s1. The van der Waals surface area contributed by atoms with Crippen LogP contribution in [0, 0.1) is 0 Å². The van der Waals surface area contributed by atoms with E-state index in [1.54, 1.807) is 7.11 Å². The Morgan fingerprint density at radius 1 is 1.24 bits per heavy atom. The number of carbonyl (C=O) groups excluding carboxylic acids is 2. The predicted octanol–water partition coefficient (Wildman–Crippen LogP) is 2.11. The van der Waals surface area contributed by atoms with Crippen molar-refractivity contribution in [2.45, 2.75) is 38.1 Å². The predicted molar refractivity (Wildman–Crippen MR) is 96.6 cm³/mol. The molecule has 0 unspecified atom stereocenters. The summed E-state index contributed by atoms with van der Waals surface area (Å²) in [6.45, 7) is 2.89. The Balaban J connectivity index is 1.48. The third-order valence-electron chi connectivity index (χ3n) is 5.00. The van der Waals surface area contributed by atoms with E-state index in [-0.39, 0.29) is 17.9 Å². The fraction of sp³-hybridized carbons (Fsp3) is 0.579. The van der Waals surface area contributed by atoms with Gasteiger partial charge in [-0.3, -0.25) is 9.59 Å². The Kier molecular flexibility index (Phi) is 5.79. The van der Waals surface area contributed by atoms with Gasteiger partial charge in [-0.2, -0.15) is 0 Å². The van der Waals surface area contributed by atoms with Crippen LogP contribution in [0.25, 0.3) is 0 Å². The van der Waals surface area contributed by atoms with Crippen LogP contribution in [0.2, 0.25) is 0 Å². The Morgan fingerprint density at radius 2 is 2.04 bits per heavy atom. The summed E-state index contributed by atoms with van der Waals surface area (Å²) in [5.74, 6) is 1.17. The lowest BCUT2D eigenvalue weighted by atomic mass is 10.0. The summed E-state index contributed by atoms with van der Waals surface area (Å²) in [6.07, 6.45) is 4.04. The first-order valence-electron chi connectivity index (χ1n) is 9.12. The molecule has 0 spiro atoms. The summed E-state index contributed by atoms with van der Waals surface area (Å²) in [7, 11) is 1.66. The van der Waals surface area contributed by atoms with Crippen molar-refractivity contribution in [3.63, 3.8) is 0 Å². The molecule has 2 aliphatic heterocycles. The van der Waals surface area contributed by atoms with Crippen molar-refractivity contribution in [2.24, 2.45) is 0 Å². The van der Waals surface area contributed by atoms with Crippen LogP contribution >= 0.6 is 0 Å². The lowest BCUT2D eigenvalue weighted by Crippen LogP contribution is -2.46. The Labute approximate surface area is 149 Å². The average molecular weight is 345 g/mol. The third kappa shape index (κ3) is 4.65. The highest BCUT2D eigenvalue weighted by molar-refractivity contribution is 5.80. The highest BCUT2D eigenvalue weighted by Crippen LogP contribution is 2.20. The normalized spacial score (nSPS) is 20.7. The molecule has 2 saturated heterocycles. The third-order valence-corrected chi connectivity index (χ3v) is 5.00. The van der Waals surface area contributed by atoms with Crippen molar-refractivity contribution in [3.8, 4) is 5.75 Å². The molecule has 2 fully saturated rings. The van der Waals surface area contributed by atoms with Crippen molar-refractivity contribution >= 4 is 17.5 Å². The Hall–Kier alpha value is -2.24. The van der Waals surface area contributed by atoms with Gasteiger partial charge < -0.3 is 19.9 Å². The number of methoxy groups -OCH3 is 1. The molecule has 0 bridgehead atoms. The highest BCUT2D eigenvalue weighted by Gasteiger charge is 2.25. The zero-order valence-corrected chi connectivity index (χ0v) is 14.9. The number of likely N-dealkylation sites (tertiary alicyclic amines) is 2. The van der Waals surface area contributed by atoms with E-state index in [9.17, 15) is 9.59 Å². The van der Waals surface area contributed by atoms with Gasteiger partial charge in [0.15, 0.2) is 0 Å². The second-order valence-electron chi connectivity index (χ2n) is 6.79. The number of carbonyl (C=O) groups is 2. The highest BCUT2D eigenvalue weighted by atomic mass is 16.5. The molecule has 2 aliphatic rings. The van der Waals surface area contributed by atoms with Gasteiger partial charge in [-0.1, -0.05) is 0 Å². The zero-order valence-electron chi connectivity index (χ0n) is 14.9. The second kappa shape index (κ2) is 8.23. The molecular weight excluding hydrogens is 318 g/mol. The van der Waals surface area contributed by atoms with Crippen molar-refractivity contribution in [1.29, 1.82) is 0 Å². The van der Waals surface area contributed by atoms with Gasteiger partial charge in [0.2, 0.25) is 11.8 Å². The summed E-state index contributed by atoms with van der Waals surface area (Å²) in [5, 5.41) is 3.51. The first kappa shape index (κ1) is 17.6. The van der Waals surface area contributed by atoms with Crippen LogP contribution in [-0.4, -0.2) is 60.9 Å². The van der Waals surface area contributed by atoms with Crippen LogP contribution in [0.5, 0.6) is 5.75 Å². The molecule has 0 aromatic heterocycles. The molecule has 0 saturated carbocycles. The van der Waals surface area contributed by atoms with Gasteiger partial charge in [-0.05, 0) is 43.5 Å². The molecule has 0 radical (unpaired) electrons. The average Bonchev–Trinajstić information content (AvgIpc) is 3.05. The SMILES string of the molecule is COc1ccc(N[C@H]2CCCN(C(=O)CCN3CCCC3=O)C2)cc1. The number of amides is 2. The molecule has 6 heteroatoms. The van der Waals surface area contributed by atoms with Gasteiger partial charge in [0.1, 0.15) is 5.75 Å². The van der Waals surface area contributed by atoms with E-state index in [0.717, 1.165) is 50.3 Å².